The van der Waals surface area contributed by atoms with Crippen LogP contribution in [0.4, 0.5) is 0 Å². The summed E-state index contributed by atoms with van der Waals surface area (Å²) < 4.78 is 5.52. The van der Waals surface area contributed by atoms with Crippen LogP contribution < -0.4 is 15.8 Å². The van der Waals surface area contributed by atoms with Gasteiger partial charge >= 0.3 is 0 Å². The molecule has 0 saturated carbocycles. The van der Waals surface area contributed by atoms with Crippen molar-refractivity contribution in [2.24, 2.45) is 5.73 Å². The van der Waals surface area contributed by atoms with E-state index in [1.807, 2.05) is 31.2 Å². The van der Waals surface area contributed by atoms with Gasteiger partial charge in [0.05, 0.1) is 0 Å². The van der Waals surface area contributed by atoms with Crippen LogP contribution in [0.25, 0.3) is 0 Å². The highest BCUT2D eigenvalue weighted by molar-refractivity contribution is 5.80. The molecule has 4 nitrogen and oxygen atoms in total. The fraction of sp³-hybridized carbons (Fsp3) is 0.357. The van der Waals surface area contributed by atoms with E-state index >= 15 is 0 Å². The summed E-state index contributed by atoms with van der Waals surface area (Å²) in [6.45, 7) is 7.60. The first-order valence-electron chi connectivity index (χ1n) is 5.95. The van der Waals surface area contributed by atoms with E-state index in [4.69, 9.17) is 10.5 Å². The third-order valence-corrected chi connectivity index (χ3v) is 2.51. The Morgan fingerprint density at radius 2 is 2.06 bits per heavy atom. The first-order chi connectivity index (χ1) is 8.54. The van der Waals surface area contributed by atoms with Crippen molar-refractivity contribution in [1.29, 1.82) is 0 Å². The van der Waals surface area contributed by atoms with Crippen molar-refractivity contribution in [3.05, 3.63) is 42.5 Å². The monoisotopic (exact) mass is 248 g/mol. The maximum Gasteiger partial charge on any atom is 0.261 e. The van der Waals surface area contributed by atoms with Crippen LogP contribution in [-0.2, 0) is 4.79 Å². The second-order valence-electron chi connectivity index (χ2n) is 4.15. The lowest BCUT2D eigenvalue weighted by molar-refractivity contribution is -0.127. The maximum atomic E-state index is 11.6. The summed E-state index contributed by atoms with van der Waals surface area (Å²) in [6.07, 6.45) is 1.09. The van der Waals surface area contributed by atoms with Gasteiger partial charge in [0.1, 0.15) is 5.75 Å². The molecule has 1 rings (SSSR count). The molecule has 1 aromatic carbocycles. The molecule has 98 valence electrons. The van der Waals surface area contributed by atoms with Crippen molar-refractivity contribution in [3.63, 3.8) is 0 Å². The van der Waals surface area contributed by atoms with E-state index in [2.05, 4.69) is 11.9 Å². The van der Waals surface area contributed by atoms with Gasteiger partial charge < -0.3 is 15.8 Å². The second kappa shape index (κ2) is 6.81. The van der Waals surface area contributed by atoms with Gasteiger partial charge in [-0.2, -0.15) is 0 Å². The number of benzene rings is 1. The Kier molecular flexibility index (Phi) is 5.39. The minimum Gasteiger partial charge on any atom is -0.481 e. The molecule has 1 amide bonds. The van der Waals surface area contributed by atoms with Gasteiger partial charge in [0.15, 0.2) is 6.10 Å². The van der Waals surface area contributed by atoms with Gasteiger partial charge in [-0.1, -0.05) is 18.2 Å². The second-order valence-corrected chi connectivity index (χ2v) is 4.15. The number of carbonyl (C=O) groups is 1. The van der Waals surface area contributed by atoms with E-state index in [0.29, 0.717) is 12.3 Å². The molecule has 18 heavy (non-hydrogen) atoms. The molecular weight excluding hydrogens is 228 g/mol. The van der Waals surface area contributed by atoms with E-state index < -0.39 is 6.10 Å². The molecule has 0 saturated heterocycles. The quantitative estimate of drug-likeness (QED) is 0.754. The van der Waals surface area contributed by atoms with Crippen molar-refractivity contribution in [2.45, 2.75) is 26.0 Å². The molecule has 0 aliphatic heterocycles. The minimum absolute atomic E-state index is 0.00707. The minimum atomic E-state index is -0.536. The predicted molar refractivity (Wildman–Crippen MR) is 72.3 cm³/mol. The average Bonchev–Trinajstić information content (AvgIpc) is 2.36. The van der Waals surface area contributed by atoms with Crippen molar-refractivity contribution in [3.8, 4) is 5.75 Å². The summed E-state index contributed by atoms with van der Waals surface area (Å²) in [7, 11) is 0. The van der Waals surface area contributed by atoms with Gasteiger partial charge in [0, 0.05) is 12.6 Å². The Labute approximate surface area is 108 Å². The van der Waals surface area contributed by atoms with Crippen LogP contribution in [0.5, 0.6) is 5.75 Å². The highest BCUT2D eigenvalue weighted by Gasteiger charge is 2.13. The lowest BCUT2D eigenvalue weighted by Gasteiger charge is -2.14. The summed E-state index contributed by atoms with van der Waals surface area (Å²) in [4.78, 5) is 11.6. The van der Waals surface area contributed by atoms with Crippen LogP contribution in [0.3, 0.4) is 0 Å². The molecule has 0 fully saturated rings. The number of rotatable bonds is 6. The number of carbonyl (C=O) groups excluding carboxylic acids is 1. The van der Waals surface area contributed by atoms with Gasteiger partial charge in [0.2, 0.25) is 0 Å². The van der Waals surface area contributed by atoms with E-state index in [1.165, 1.54) is 0 Å². The smallest absolute Gasteiger partial charge is 0.261 e. The van der Waals surface area contributed by atoms with Crippen LogP contribution in [0.1, 0.15) is 25.5 Å². The third kappa shape index (κ3) is 4.22. The Bertz CT molecular complexity index is 399. The van der Waals surface area contributed by atoms with Crippen molar-refractivity contribution in [1.82, 2.24) is 5.32 Å². The number of nitrogens with two attached hydrogens (primary N) is 1. The zero-order valence-corrected chi connectivity index (χ0v) is 10.8. The summed E-state index contributed by atoms with van der Waals surface area (Å²) in [5, 5.41) is 2.68. The van der Waals surface area contributed by atoms with Gasteiger partial charge in [-0.3, -0.25) is 4.79 Å². The molecule has 0 aliphatic rings. The molecule has 1 unspecified atom stereocenters. The van der Waals surface area contributed by atoms with Gasteiger partial charge in [-0.25, -0.2) is 0 Å². The molecule has 0 radical (unpaired) electrons. The van der Waals surface area contributed by atoms with Crippen LogP contribution in [0.2, 0.25) is 0 Å². The molecule has 1 aromatic rings. The number of ether oxygens (including phenoxy) is 1. The Hall–Kier alpha value is -1.81. The summed E-state index contributed by atoms with van der Waals surface area (Å²) in [5.74, 6) is 0.492. The molecule has 0 bridgehead atoms. The summed E-state index contributed by atoms with van der Waals surface area (Å²) in [5.41, 5.74) is 6.79. The molecule has 2 atom stereocenters. The van der Waals surface area contributed by atoms with Crippen molar-refractivity contribution in [2.75, 3.05) is 6.54 Å². The Balaban J connectivity index is 2.56. The molecule has 0 heterocycles. The predicted octanol–water partition coefficient (Wildman–Crippen LogP) is 1.78. The Morgan fingerprint density at radius 3 is 2.56 bits per heavy atom. The number of hydrogen-bond acceptors (Lipinski definition) is 3. The van der Waals surface area contributed by atoms with E-state index in [1.54, 1.807) is 13.0 Å². The molecule has 0 aromatic heterocycles. The number of nitrogens with one attached hydrogen (secondary N) is 1. The van der Waals surface area contributed by atoms with Crippen molar-refractivity contribution < 1.29 is 9.53 Å². The summed E-state index contributed by atoms with van der Waals surface area (Å²) in [6, 6.07) is 7.42. The highest BCUT2D eigenvalue weighted by atomic mass is 16.5. The van der Waals surface area contributed by atoms with Crippen LogP contribution in [0, 0.1) is 0 Å². The number of hydrogen-bond donors (Lipinski definition) is 2. The van der Waals surface area contributed by atoms with Crippen LogP contribution in [-0.4, -0.2) is 18.6 Å². The fourth-order valence-electron chi connectivity index (χ4n) is 1.42. The first-order valence-corrected chi connectivity index (χ1v) is 5.95. The normalized spacial score (nSPS) is 13.5. The lowest BCUT2D eigenvalue weighted by atomic mass is 10.1. The Morgan fingerprint density at radius 1 is 1.44 bits per heavy atom. The standard InChI is InChI=1S/C14H20N2O2/c1-4-9-16-14(17)11(3)18-13-7-5-12(6-8-13)10(2)15/h4-8,10-11H,1,9,15H2,2-3H3,(H,16,17)/t10-,11?/m1/s1. The first kappa shape index (κ1) is 14.3. The van der Waals surface area contributed by atoms with Crippen LogP contribution in [0.15, 0.2) is 36.9 Å². The number of amides is 1. The third-order valence-electron chi connectivity index (χ3n) is 2.51. The van der Waals surface area contributed by atoms with Crippen LogP contribution >= 0.6 is 0 Å². The largest absolute Gasteiger partial charge is 0.481 e. The van der Waals surface area contributed by atoms with Gasteiger partial charge in [0.25, 0.3) is 5.91 Å². The van der Waals surface area contributed by atoms with Gasteiger partial charge in [-0.05, 0) is 31.5 Å². The topological polar surface area (TPSA) is 64.3 Å². The SMILES string of the molecule is C=CCNC(=O)C(C)Oc1ccc([C@@H](C)N)cc1. The zero-order valence-electron chi connectivity index (χ0n) is 10.8. The molecule has 0 spiro atoms. The average molecular weight is 248 g/mol. The molecular formula is C14H20N2O2. The zero-order chi connectivity index (χ0) is 13.5. The molecule has 0 aliphatic carbocycles. The summed E-state index contributed by atoms with van der Waals surface area (Å²) >= 11 is 0. The molecule has 4 heteroatoms. The maximum absolute atomic E-state index is 11.6. The lowest BCUT2D eigenvalue weighted by Crippen LogP contribution is -2.36. The molecule has 3 N–H and O–H groups in total. The van der Waals surface area contributed by atoms with Crippen molar-refractivity contribution >= 4 is 5.91 Å². The fourth-order valence-corrected chi connectivity index (χ4v) is 1.42. The highest BCUT2D eigenvalue weighted by Crippen LogP contribution is 2.17. The van der Waals surface area contributed by atoms with E-state index in [-0.39, 0.29) is 11.9 Å². The van der Waals surface area contributed by atoms with E-state index in [9.17, 15) is 4.79 Å². The van der Waals surface area contributed by atoms with Gasteiger partial charge in [-0.15, -0.1) is 6.58 Å². The van der Waals surface area contributed by atoms with E-state index in [0.717, 1.165) is 5.56 Å².